The fraction of sp³-hybridized carbons (Fsp3) is 0.462. The van der Waals surface area contributed by atoms with Crippen LogP contribution in [0.2, 0.25) is 0 Å². The molecule has 5 nitrogen and oxygen atoms in total. The molecule has 0 fully saturated rings. The molecule has 2 aromatic heterocycles. The van der Waals surface area contributed by atoms with Crippen LogP contribution in [0.15, 0.2) is 10.3 Å². The van der Waals surface area contributed by atoms with Crippen LogP contribution in [0.1, 0.15) is 33.9 Å². The summed E-state index contributed by atoms with van der Waals surface area (Å²) in [4.78, 5) is 6.53. The minimum atomic E-state index is -3.56. The maximum atomic E-state index is 12.4. The first-order chi connectivity index (χ1) is 9.99. The number of thiophene rings is 1. The number of nitrogens with two attached hydrogens (primary N) is 1. The number of sulfonamides is 1. The average Bonchev–Trinajstić information content (AvgIpc) is 3.00. The Bertz CT molecular complexity index is 738. The van der Waals surface area contributed by atoms with Crippen LogP contribution in [0.3, 0.4) is 0 Å². The molecule has 2 aromatic rings. The Morgan fingerprint density at radius 2 is 2.10 bits per heavy atom. The van der Waals surface area contributed by atoms with Gasteiger partial charge in [-0.1, -0.05) is 0 Å². The van der Waals surface area contributed by atoms with Gasteiger partial charge in [0.25, 0.3) is 10.0 Å². The number of nitrogens with zero attached hydrogens (tertiary/aromatic N) is 1. The molecule has 0 aliphatic heterocycles. The van der Waals surface area contributed by atoms with Gasteiger partial charge in [-0.25, -0.2) is 13.4 Å². The van der Waals surface area contributed by atoms with Gasteiger partial charge in [0.2, 0.25) is 0 Å². The third kappa shape index (κ3) is 2.98. The topological polar surface area (TPSA) is 85.1 Å². The number of rotatable bonds is 4. The minimum Gasteiger partial charge on any atom is -0.326 e. The molecule has 1 aliphatic rings. The summed E-state index contributed by atoms with van der Waals surface area (Å²) in [5, 5.41) is 0.474. The quantitative estimate of drug-likeness (QED) is 0.894. The Balaban J connectivity index is 1.86. The standard InChI is InChI=1S/C13H17N3O2S3/c1-8-6-12(19-11(8)7-14)21(17,18)16-13-15-9-4-2-3-5-10(9)20-13/h6H,2-5,7,14H2,1H3,(H,15,16). The molecule has 0 saturated carbocycles. The van der Waals surface area contributed by atoms with Crippen LogP contribution < -0.4 is 10.5 Å². The van der Waals surface area contributed by atoms with Gasteiger partial charge < -0.3 is 5.73 Å². The number of aromatic nitrogens is 1. The lowest BCUT2D eigenvalue weighted by Crippen LogP contribution is -2.11. The average molecular weight is 343 g/mol. The van der Waals surface area contributed by atoms with E-state index in [1.807, 2.05) is 6.92 Å². The van der Waals surface area contributed by atoms with Crippen molar-refractivity contribution in [1.82, 2.24) is 4.98 Å². The molecule has 3 N–H and O–H groups in total. The van der Waals surface area contributed by atoms with Crippen molar-refractivity contribution >= 4 is 37.8 Å². The first-order valence-electron chi connectivity index (χ1n) is 6.80. The summed E-state index contributed by atoms with van der Waals surface area (Å²) >= 11 is 2.67. The van der Waals surface area contributed by atoms with E-state index >= 15 is 0 Å². The van der Waals surface area contributed by atoms with Crippen molar-refractivity contribution in [2.45, 2.75) is 43.4 Å². The molecule has 0 bridgehead atoms. The van der Waals surface area contributed by atoms with Gasteiger partial charge in [0, 0.05) is 16.3 Å². The molecule has 0 spiro atoms. The van der Waals surface area contributed by atoms with E-state index in [0.717, 1.165) is 41.8 Å². The molecule has 8 heteroatoms. The van der Waals surface area contributed by atoms with Gasteiger partial charge >= 0.3 is 0 Å². The van der Waals surface area contributed by atoms with Crippen LogP contribution in [-0.2, 0) is 29.4 Å². The molecule has 0 aromatic carbocycles. The molecule has 114 valence electrons. The highest BCUT2D eigenvalue weighted by Gasteiger charge is 2.22. The molecule has 3 rings (SSSR count). The number of hydrogen-bond donors (Lipinski definition) is 2. The molecule has 0 amide bonds. The third-order valence-electron chi connectivity index (χ3n) is 3.52. The highest BCUT2D eigenvalue weighted by molar-refractivity contribution is 7.94. The zero-order valence-electron chi connectivity index (χ0n) is 11.7. The highest BCUT2D eigenvalue weighted by atomic mass is 32.2. The predicted molar refractivity (Wildman–Crippen MR) is 86.5 cm³/mol. The molecule has 0 radical (unpaired) electrons. The molecule has 1 aliphatic carbocycles. The molecule has 0 unspecified atom stereocenters. The summed E-state index contributed by atoms with van der Waals surface area (Å²) in [7, 11) is -3.56. The van der Waals surface area contributed by atoms with Gasteiger partial charge in [-0.3, -0.25) is 4.72 Å². The summed E-state index contributed by atoms with van der Waals surface area (Å²) in [6.07, 6.45) is 4.24. The minimum absolute atomic E-state index is 0.300. The van der Waals surface area contributed by atoms with Crippen LogP contribution >= 0.6 is 22.7 Å². The Hall–Kier alpha value is -0.960. The van der Waals surface area contributed by atoms with Crippen molar-refractivity contribution < 1.29 is 8.42 Å². The van der Waals surface area contributed by atoms with Gasteiger partial charge in [0.1, 0.15) is 4.21 Å². The second-order valence-corrected chi connectivity index (χ2v) is 9.21. The fourth-order valence-corrected chi connectivity index (χ4v) is 6.14. The Kier molecular flexibility index (Phi) is 4.04. The first-order valence-corrected chi connectivity index (χ1v) is 9.92. The SMILES string of the molecule is Cc1cc(S(=O)(=O)Nc2nc3c(s2)CCCC3)sc1CN. The molecule has 21 heavy (non-hydrogen) atoms. The molecule has 0 saturated heterocycles. The Morgan fingerprint density at radius 3 is 2.76 bits per heavy atom. The Labute approximate surface area is 132 Å². The van der Waals surface area contributed by atoms with Crippen molar-refractivity contribution in [3.8, 4) is 0 Å². The Morgan fingerprint density at radius 1 is 1.33 bits per heavy atom. The van der Waals surface area contributed by atoms with Crippen molar-refractivity contribution in [3.05, 3.63) is 27.1 Å². The monoisotopic (exact) mass is 343 g/mol. The van der Waals surface area contributed by atoms with Crippen LogP contribution in [0.25, 0.3) is 0 Å². The van der Waals surface area contributed by atoms with E-state index in [1.54, 1.807) is 6.07 Å². The second kappa shape index (κ2) is 5.68. The van der Waals surface area contributed by atoms with Crippen LogP contribution in [0.5, 0.6) is 0 Å². The number of anilines is 1. The number of fused-ring (bicyclic) bond motifs is 1. The summed E-state index contributed by atoms with van der Waals surface area (Å²) in [6.45, 7) is 2.23. The molecule has 0 atom stereocenters. The maximum Gasteiger partial charge on any atom is 0.273 e. The largest absolute Gasteiger partial charge is 0.326 e. The summed E-state index contributed by atoms with van der Waals surface area (Å²) in [5.41, 5.74) is 7.58. The van der Waals surface area contributed by atoms with E-state index in [4.69, 9.17) is 5.73 Å². The third-order valence-corrected chi connectivity index (χ3v) is 7.79. The number of aryl methyl sites for hydroxylation is 3. The van der Waals surface area contributed by atoms with Crippen molar-refractivity contribution in [3.63, 3.8) is 0 Å². The normalized spacial score (nSPS) is 15.0. The van der Waals surface area contributed by atoms with Gasteiger partial charge in [-0.05, 0) is 44.2 Å². The molecular weight excluding hydrogens is 326 g/mol. The van der Waals surface area contributed by atoms with E-state index in [2.05, 4.69) is 9.71 Å². The smallest absolute Gasteiger partial charge is 0.273 e. The van der Waals surface area contributed by atoms with E-state index in [0.29, 0.717) is 15.9 Å². The van der Waals surface area contributed by atoms with Crippen molar-refractivity contribution in [2.24, 2.45) is 5.73 Å². The van der Waals surface area contributed by atoms with Crippen LogP contribution in [-0.4, -0.2) is 13.4 Å². The number of hydrogen-bond acceptors (Lipinski definition) is 6. The van der Waals surface area contributed by atoms with Gasteiger partial charge in [0.15, 0.2) is 5.13 Å². The summed E-state index contributed by atoms with van der Waals surface area (Å²) in [5.74, 6) is 0. The summed E-state index contributed by atoms with van der Waals surface area (Å²) in [6, 6.07) is 1.67. The molecular formula is C13H17N3O2S3. The lowest BCUT2D eigenvalue weighted by Gasteiger charge is -2.06. The fourth-order valence-electron chi connectivity index (χ4n) is 2.38. The van der Waals surface area contributed by atoms with E-state index < -0.39 is 10.0 Å². The maximum absolute atomic E-state index is 12.4. The second-order valence-electron chi connectivity index (χ2n) is 5.08. The van der Waals surface area contributed by atoms with E-state index in [9.17, 15) is 8.42 Å². The molecule has 2 heterocycles. The zero-order valence-corrected chi connectivity index (χ0v) is 14.1. The predicted octanol–water partition coefficient (Wildman–Crippen LogP) is 2.65. The lowest BCUT2D eigenvalue weighted by atomic mass is 10.0. The number of nitrogens with one attached hydrogen (secondary N) is 1. The van der Waals surface area contributed by atoms with Crippen molar-refractivity contribution in [1.29, 1.82) is 0 Å². The highest BCUT2D eigenvalue weighted by Crippen LogP contribution is 2.32. The van der Waals surface area contributed by atoms with Crippen LogP contribution in [0.4, 0.5) is 5.13 Å². The van der Waals surface area contributed by atoms with Gasteiger partial charge in [0.05, 0.1) is 5.69 Å². The van der Waals surface area contributed by atoms with Crippen molar-refractivity contribution in [2.75, 3.05) is 4.72 Å². The summed E-state index contributed by atoms with van der Waals surface area (Å²) < 4.78 is 27.7. The lowest BCUT2D eigenvalue weighted by molar-refractivity contribution is 0.603. The van der Waals surface area contributed by atoms with Gasteiger partial charge in [-0.15, -0.1) is 22.7 Å². The number of thiazole rings is 1. The first kappa shape index (κ1) is 15.0. The van der Waals surface area contributed by atoms with Gasteiger partial charge in [-0.2, -0.15) is 0 Å². The van der Waals surface area contributed by atoms with E-state index in [-0.39, 0.29) is 0 Å². The van der Waals surface area contributed by atoms with E-state index in [1.165, 1.54) is 27.6 Å². The van der Waals surface area contributed by atoms with Crippen LogP contribution in [0, 0.1) is 6.92 Å². The zero-order chi connectivity index (χ0) is 15.0.